The molecule has 0 spiro atoms. The first kappa shape index (κ1) is 18.4. The molecule has 0 saturated carbocycles. The Balaban J connectivity index is 2.77. The highest BCUT2D eigenvalue weighted by molar-refractivity contribution is 7.89. The first-order valence-electron chi connectivity index (χ1n) is 6.95. The molecular weight excluding hydrogens is 315 g/mol. The Morgan fingerprint density at radius 1 is 1.33 bits per heavy atom. The molecule has 0 heterocycles. The maximum Gasteiger partial charge on any atom is 0.243 e. The van der Waals surface area contributed by atoms with Gasteiger partial charge in [0.05, 0.1) is 0 Å². The molecule has 21 heavy (non-hydrogen) atoms. The molecule has 3 N–H and O–H groups in total. The third kappa shape index (κ3) is 5.54. The van der Waals surface area contributed by atoms with Gasteiger partial charge in [0.25, 0.3) is 0 Å². The van der Waals surface area contributed by atoms with E-state index in [1.807, 2.05) is 0 Å². The van der Waals surface area contributed by atoms with Crippen molar-refractivity contribution in [3.63, 3.8) is 0 Å². The van der Waals surface area contributed by atoms with Crippen molar-refractivity contribution in [1.82, 2.24) is 4.72 Å². The average Bonchev–Trinajstić information content (AvgIpc) is 2.40. The van der Waals surface area contributed by atoms with Crippen LogP contribution in [-0.2, 0) is 16.6 Å². The van der Waals surface area contributed by atoms with Crippen LogP contribution in [0.25, 0.3) is 0 Å². The summed E-state index contributed by atoms with van der Waals surface area (Å²) in [6, 6.07) is 2.44. The normalized spacial score (nSPS) is 12.1. The van der Waals surface area contributed by atoms with E-state index in [9.17, 15) is 12.8 Å². The van der Waals surface area contributed by atoms with Gasteiger partial charge in [0.2, 0.25) is 10.0 Å². The number of sulfonamides is 1. The molecule has 0 amide bonds. The number of unbranched alkanes of at least 4 members (excludes halogenated alkanes) is 1. The Hall–Kier alpha value is -0.690. The molecule has 1 aromatic rings. The quantitative estimate of drug-likeness (QED) is 0.717. The second kappa shape index (κ2) is 8.08. The van der Waals surface area contributed by atoms with Gasteiger partial charge in [-0.3, -0.25) is 0 Å². The van der Waals surface area contributed by atoms with Gasteiger partial charge in [-0.05, 0) is 24.5 Å². The number of nitrogens with one attached hydrogen (secondary N) is 1. The van der Waals surface area contributed by atoms with Crippen molar-refractivity contribution in [2.45, 2.75) is 44.6 Å². The predicted octanol–water partition coefficient (Wildman–Crippen LogP) is 3.04. The summed E-state index contributed by atoms with van der Waals surface area (Å²) in [5.74, 6) is -0.254. The van der Waals surface area contributed by atoms with Gasteiger partial charge in [0.1, 0.15) is 10.7 Å². The second-order valence-electron chi connectivity index (χ2n) is 5.37. The summed E-state index contributed by atoms with van der Waals surface area (Å²) in [5.41, 5.74) is 5.47. The molecule has 4 nitrogen and oxygen atoms in total. The number of rotatable bonds is 8. The van der Waals surface area contributed by atoms with E-state index in [4.69, 9.17) is 17.3 Å². The summed E-state index contributed by atoms with van der Waals surface area (Å²) in [5, 5.41) is 0.150. The van der Waals surface area contributed by atoms with Crippen LogP contribution in [0.2, 0.25) is 5.02 Å². The minimum Gasteiger partial charge on any atom is -0.326 e. The fraction of sp³-hybridized carbons (Fsp3) is 0.571. The number of benzene rings is 1. The van der Waals surface area contributed by atoms with Crippen molar-refractivity contribution in [3.8, 4) is 0 Å². The highest BCUT2D eigenvalue weighted by Crippen LogP contribution is 2.23. The monoisotopic (exact) mass is 336 g/mol. The standard InChI is InChI=1S/C14H22ClFN2O2S/c1-10(2)5-3-4-6-18-21(19,20)13-8-12(15)7-11(9-17)14(13)16/h7-8,10,18H,3-6,9,17H2,1-2H3. The first-order chi connectivity index (χ1) is 9.77. The molecule has 0 aliphatic heterocycles. The van der Waals surface area contributed by atoms with Gasteiger partial charge in [-0.15, -0.1) is 0 Å². The molecule has 0 unspecified atom stereocenters. The molecule has 1 rings (SSSR count). The Morgan fingerprint density at radius 2 is 2.00 bits per heavy atom. The number of hydrogen-bond acceptors (Lipinski definition) is 3. The molecule has 0 saturated heterocycles. The lowest BCUT2D eigenvalue weighted by atomic mass is 10.1. The van der Waals surface area contributed by atoms with Crippen LogP contribution in [0.15, 0.2) is 17.0 Å². The van der Waals surface area contributed by atoms with Crippen LogP contribution < -0.4 is 10.5 Å². The first-order valence-corrected chi connectivity index (χ1v) is 8.81. The summed E-state index contributed by atoms with van der Waals surface area (Å²) < 4.78 is 40.7. The van der Waals surface area contributed by atoms with Gasteiger partial charge in [0.15, 0.2) is 0 Å². The van der Waals surface area contributed by atoms with E-state index in [0.717, 1.165) is 18.9 Å². The summed E-state index contributed by atoms with van der Waals surface area (Å²) in [4.78, 5) is -0.445. The van der Waals surface area contributed by atoms with Gasteiger partial charge >= 0.3 is 0 Å². The van der Waals surface area contributed by atoms with E-state index in [0.29, 0.717) is 12.3 Å². The second-order valence-corrected chi connectivity index (χ2v) is 7.54. The minimum atomic E-state index is -3.91. The number of halogens is 2. The molecular formula is C14H22ClFN2O2S. The molecule has 120 valence electrons. The van der Waals surface area contributed by atoms with Gasteiger partial charge in [-0.1, -0.05) is 38.3 Å². The topological polar surface area (TPSA) is 72.2 Å². The molecule has 0 bridgehead atoms. The predicted molar refractivity (Wildman–Crippen MR) is 83.2 cm³/mol. The zero-order valence-corrected chi connectivity index (χ0v) is 13.9. The maximum absolute atomic E-state index is 14.1. The van der Waals surface area contributed by atoms with Gasteiger partial charge in [0, 0.05) is 23.7 Å². The van der Waals surface area contributed by atoms with Crippen LogP contribution in [0, 0.1) is 11.7 Å². The Kier molecular flexibility index (Phi) is 7.06. The fourth-order valence-corrected chi connectivity index (χ4v) is 3.45. The fourth-order valence-electron chi connectivity index (χ4n) is 1.92. The zero-order chi connectivity index (χ0) is 16.0. The van der Waals surface area contributed by atoms with E-state index < -0.39 is 20.7 Å². The molecule has 1 aromatic carbocycles. The molecule has 0 radical (unpaired) electrons. The summed E-state index contributed by atoms with van der Waals surface area (Å²) in [6.45, 7) is 4.39. The highest BCUT2D eigenvalue weighted by Gasteiger charge is 2.21. The molecule has 0 aromatic heterocycles. The molecule has 0 aliphatic rings. The van der Waals surface area contributed by atoms with Crippen molar-refractivity contribution in [1.29, 1.82) is 0 Å². The summed E-state index contributed by atoms with van der Waals surface area (Å²) >= 11 is 5.81. The lowest BCUT2D eigenvalue weighted by Crippen LogP contribution is -2.26. The van der Waals surface area contributed by atoms with E-state index in [1.165, 1.54) is 6.07 Å². The largest absolute Gasteiger partial charge is 0.326 e. The summed E-state index contributed by atoms with van der Waals surface area (Å²) in [7, 11) is -3.91. The van der Waals surface area contributed by atoms with E-state index in [1.54, 1.807) is 0 Å². The van der Waals surface area contributed by atoms with E-state index in [-0.39, 0.29) is 23.7 Å². The van der Waals surface area contributed by atoms with Crippen molar-refractivity contribution >= 4 is 21.6 Å². The average molecular weight is 337 g/mol. The molecule has 0 atom stereocenters. The minimum absolute atomic E-state index is 0.0858. The summed E-state index contributed by atoms with van der Waals surface area (Å²) in [6.07, 6.45) is 2.67. The van der Waals surface area contributed by atoms with Gasteiger partial charge in [-0.25, -0.2) is 17.5 Å². The zero-order valence-electron chi connectivity index (χ0n) is 12.3. The van der Waals surface area contributed by atoms with Crippen LogP contribution >= 0.6 is 11.6 Å². The lowest BCUT2D eigenvalue weighted by Gasteiger charge is -2.11. The van der Waals surface area contributed by atoms with Gasteiger partial charge in [-0.2, -0.15) is 0 Å². The lowest BCUT2D eigenvalue weighted by molar-refractivity contribution is 0.526. The maximum atomic E-state index is 14.1. The van der Waals surface area contributed by atoms with Crippen molar-refractivity contribution in [2.75, 3.05) is 6.54 Å². The molecule has 7 heteroatoms. The number of nitrogens with two attached hydrogens (primary N) is 1. The van der Waals surface area contributed by atoms with Crippen LogP contribution in [0.4, 0.5) is 4.39 Å². The van der Waals surface area contributed by atoms with Gasteiger partial charge < -0.3 is 5.73 Å². The molecule has 0 aliphatic carbocycles. The van der Waals surface area contributed by atoms with Crippen LogP contribution in [0.5, 0.6) is 0 Å². The SMILES string of the molecule is CC(C)CCCCNS(=O)(=O)c1cc(Cl)cc(CN)c1F. The van der Waals surface area contributed by atoms with Crippen LogP contribution in [0.3, 0.4) is 0 Å². The van der Waals surface area contributed by atoms with Crippen LogP contribution in [-0.4, -0.2) is 15.0 Å². The highest BCUT2D eigenvalue weighted by atomic mass is 35.5. The van der Waals surface area contributed by atoms with Crippen molar-refractivity contribution < 1.29 is 12.8 Å². The Morgan fingerprint density at radius 3 is 2.57 bits per heavy atom. The van der Waals surface area contributed by atoms with Crippen molar-refractivity contribution in [2.24, 2.45) is 11.7 Å². The van der Waals surface area contributed by atoms with Crippen molar-refractivity contribution in [3.05, 3.63) is 28.5 Å². The van der Waals surface area contributed by atoms with E-state index in [2.05, 4.69) is 18.6 Å². The third-order valence-electron chi connectivity index (χ3n) is 3.09. The number of hydrogen-bond donors (Lipinski definition) is 2. The smallest absolute Gasteiger partial charge is 0.243 e. The van der Waals surface area contributed by atoms with Crippen LogP contribution in [0.1, 0.15) is 38.7 Å². The van der Waals surface area contributed by atoms with E-state index >= 15 is 0 Å². The Labute approximate surface area is 130 Å². The molecule has 0 fully saturated rings. The Bertz CT molecular complexity index is 577. The third-order valence-corrected chi connectivity index (χ3v) is 4.77.